The molecule has 6 heteroatoms. The third-order valence-electron chi connectivity index (χ3n) is 4.38. The maximum Gasteiger partial charge on any atom is 0.189 e. The SMILES string of the molecule is CCCCC(C=O)(NC(=N)NC)c1cncc(-c2cccc(OC)c2)c1. The van der Waals surface area contributed by atoms with Gasteiger partial charge in [0.1, 0.15) is 17.6 Å². The van der Waals surface area contributed by atoms with Gasteiger partial charge in [-0.05, 0) is 30.2 Å². The number of carbonyl (C=O) groups excluding carboxylic acids is 1. The van der Waals surface area contributed by atoms with Gasteiger partial charge in [0.15, 0.2) is 5.96 Å². The minimum atomic E-state index is -0.988. The number of carbonyl (C=O) groups is 1. The second kappa shape index (κ2) is 8.99. The minimum absolute atomic E-state index is 0.0972. The molecule has 0 bridgehead atoms. The summed E-state index contributed by atoms with van der Waals surface area (Å²) in [5, 5.41) is 13.7. The molecule has 2 rings (SSSR count). The average Bonchev–Trinajstić information content (AvgIpc) is 2.71. The summed E-state index contributed by atoms with van der Waals surface area (Å²) < 4.78 is 5.29. The molecule has 0 fully saturated rings. The second-order valence-corrected chi connectivity index (χ2v) is 6.14. The zero-order valence-corrected chi connectivity index (χ0v) is 15.5. The second-order valence-electron chi connectivity index (χ2n) is 6.14. The fourth-order valence-corrected chi connectivity index (χ4v) is 2.82. The highest BCUT2D eigenvalue weighted by Crippen LogP contribution is 2.30. The predicted molar refractivity (Wildman–Crippen MR) is 103 cm³/mol. The standard InChI is InChI=1S/C20H26N4O2/c1-4-5-9-20(14-25,24-19(21)22-2)17-10-16(12-23-13-17)15-7-6-8-18(11-15)26-3/h6-8,10-14H,4-5,9H2,1-3H3,(H3,21,22,24). The van der Waals surface area contributed by atoms with Crippen LogP contribution in [0.5, 0.6) is 5.75 Å². The largest absolute Gasteiger partial charge is 0.497 e. The van der Waals surface area contributed by atoms with Crippen LogP contribution in [-0.4, -0.2) is 31.4 Å². The topological polar surface area (TPSA) is 87.1 Å². The van der Waals surface area contributed by atoms with Gasteiger partial charge in [-0.3, -0.25) is 10.4 Å². The maximum atomic E-state index is 12.1. The van der Waals surface area contributed by atoms with Gasteiger partial charge in [-0.25, -0.2) is 0 Å². The lowest BCUT2D eigenvalue weighted by Gasteiger charge is -2.31. The molecule has 1 heterocycles. The lowest BCUT2D eigenvalue weighted by molar-refractivity contribution is -0.113. The van der Waals surface area contributed by atoms with E-state index in [1.807, 2.05) is 30.3 Å². The Morgan fingerprint density at radius 3 is 2.77 bits per heavy atom. The Morgan fingerprint density at radius 2 is 2.12 bits per heavy atom. The highest BCUT2D eigenvalue weighted by molar-refractivity contribution is 5.83. The van der Waals surface area contributed by atoms with E-state index in [1.165, 1.54) is 0 Å². The molecule has 0 saturated heterocycles. The molecule has 3 N–H and O–H groups in total. The average molecular weight is 354 g/mol. The van der Waals surface area contributed by atoms with Crippen LogP contribution in [0.2, 0.25) is 0 Å². The molecule has 2 aromatic rings. The van der Waals surface area contributed by atoms with Crippen molar-refractivity contribution in [2.75, 3.05) is 14.2 Å². The van der Waals surface area contributed by atoms with Crippen molar-refractivity contribution in [2.45, 2.75) is 31.7 Å². The Morgan fingerprint density at radius 1 is 1.31 bits per heavy atom. The monoisotopic (exact) mass is 354 g/mol. The molecule has 0 aliphatic rings. The fourth-order valence-electron chi connectivity index (χ4n) is 2.82. The van der Waals surface area contributed by atoms with Crippen LogP contribution in [0.15, 0.2) is 42.7 Å². The highest BCUT2D eigenvalue weighted by Gasteiger charge is 2.32. The summed E-state index contributed by atoms with van der Waals surface area (Å²) in [5.74, 6) is 0.857. The van der Waals surface area contributed by atoms with E-state index in [-0.39, 0.29) is 5.96 Å². The van der Waals surface area contributed by atoms with Gasteiger partial charge in [-0.15, -0.1) is 0 Å². The van der Waals surface area contributed by atoms with E-state index in [4.69, 9.17) is 10.1 Å². The molecule has 0 radical (unpaired) electrons. The number of unbranched alkanes of at least 4 members (excludes halogenated alkanes) is 1. The predicted octanol–water partition coefficient (Wildman–Crippen LogP) is 3.09. The summed E-state index contributed by atoms with van der Waals surface area (Å²) in [4.78, 5) is 16.4. The number of hydrogen-bond donors (Lipinski definition) is 3. The molecule has 0 amide bonds. The van der Waals surface area contributed by atoms with Crippen LogP contribution < -0.4 is 15.4 Å². The first-order valence-electron chi connectivity index (χ1n) is 8.69. The maximum absolute atomic E-state index is 12.1. The molecule has 138 valence electrons. The van der Waals surface area contributed by atoms with E-state index in [9.17, 15) is 4.79 Å². The minimum Gasteiger partial charge on any atom is -0.497 e. The van der Waals surface area contributed by atoms with Crippen LogP contribution in [-0.2, 0) is 10.3 Å². The first kappa shape index (κ1) is 19.4. The van der Waals surface area contributed by atoms with Crippen molar-refractivity contribution in [2.24, 2.45) is 0 Å². The lowest BCUT2D eigenvalue weighted by Crippen LogP contribution is -2.50. The molecule has 1 atom stereocenters. The van der Waals surface area contributed by atoms with Gasteiger partial charge in [0.05, 0.1) is 7.11 Å². The molecule has 26 heavy (non-hydrogen) atoms. The summed E-state index contributed by atoms with van der Waals surface area (Å²) in [7, 11) is 3.28. The summed E-state index contributed by atoms with van der Waals surface area (Å²) in [5.41, 5.74) is 1.60. The van der Waals surface area contributed by atoms with Crippen LogP contribution in [0.4, 0.5) is 0 Å². The zero-order chi connectivity index (χ0) is 19.0. The van der Waals surface area contributed by atoms with Gasteiger partial charge >= 0.3 is 0 Å². The molecule has 1 unspecified atom stereocenters. The normalized spacial score (nSPS) is 12.7. The molecular weight excluding hydrogens is 328 g/mol. The van der Waals surface area contributed by atoms with Gasteiger partial charge in [0, 0.05) is 30.6 Å². The summed E-state index contributed by atoms with van der Waals surface area (Å²) >= 11 is 0. The lowest BCUT2D eigenvalue weighted by atomic mass is 9.86. The quantitative estimate of drug-likeness (QED) is 0.385. The number of methoxy groups -OCH3 is 1. The van der Waals surface area contributed by atoms with Gasteiger partial charge in [0.2, 0.25) is 0 Å². The number of nitrogens with one attached hydrogen (secondary N) is 3. The van der Waals surface area contributed by atoms with Crippen molar-refractivity contribution in [3.63, 3.8) is 0 Å². The number of nitrogens with zero attached hydrogens (tertiary/aromatic N) is 1. The molecule has 0 aliphatic carbocycles. The number of rotatable bonds is 8. The fraction of sp³-hybridized carbons (Fsp3) is 0.350. The van der Waals surface area contributed by atoms with Crippen LogP contribution in [0, 0.1) is 5.41 Å². The number of aldehydes is 1. The first-order valence-corrected chi connectivity index (χ1v) is 8.69. The van der Waals surface area contributed by atoms with Crippen LogP contribution in [0.1, 0.15) is 31.7 Å². The van der Waals surface area contributed by atoms with E-state index >= 15 is 0 Å². The Labute approximate surface area is 154 Å². The molecule has 0 spiro atoms. The van der Waals surface area contributed by atoms with Gasteiger partial charge in [0.25, 0.3) is 0 Å². The Balaban J connectivity index is 2.47. The number of hydrogen-bond acceptors (Lipinski definition) is 4. The number of pyridine rings is 1. The van der Waals surface area contributed by atoms with E-state index in [0.717, 1.165) is 41.6 Å². The van der Waals surface area contributed by atoms with Crippen molar-refractivity contribution < 1.29 is 9.53 Å². The number of ether oxygens (including phenoxy) is 1. The van der Waals surface area contributed by atoms with Gasteiger partial charge in [-0.1, -0.05) is 31.9 Å². The third-order valence-corrected chi connectivity index (χ3v) is 4.38. The number of benzene rings is 1. The molecule has 6 nitrogen and oxygen atoms in total. The van der Waals surface area contributed by atoms with Gasteiger partial charge < -0.3 is 20.2 Å². The van der Waals surface area contributed by atoms with Crippen molar-refractivity contribution in [3.8, 4) is 16.9 Å². The molecule has 1 aromatic carbocycles. The Kier molecular flexibility index (Phi) is 6.72. The molecule has 0 aliphatic heterocycles. The summed E-state index contributed by atoms with van der Waals surface area (Å²) in [6.07, 6.45) is 6.71. The first-order chi connectivity index (χ1) is 12.6. The molecular formula is C20H26N4O2. The van der Waals surface area contributed by atoms with E-state index in [2.05, 4.69) is 22.5 Å². The van der Waals surface area contributed by atoms with Crippen LogP contribution in [0.25, 0.3) is 11.1 Å². The van der Waals surface area contributed by atoms with E-state index in [1.54, 1.807) is 26.6 Å². The summed E-state index contributed by atoms with van der Waals surface area (Å²) in [6, 6.07) is 9.65. The van der Waals surface area contributed by atoms with Crippen molar-refractivity contribution in [1.82, 2.24) is 15.6 Å². The van der Waals surface area contributed by atoms with Crippen LogP contribution >= 0.6 is 0 Å². The number of guanidine groups is 1. The molecule has 1 aromatic heterocycles. The Bertz CT molecular complexity index is 763. The number of aromatic nitrogens is 1. The Hall–Kier alpha value is -2.89. The van der Waals surface area contributed by atoms with Gasteiger partial charge in [-0.2, -0.15) is 0 Å². The zero-order valence-electron chi connectivity index (χ0n) is 15.5. The molecule has 0 saturated carbocycles. The smallest absolute Gasteiger partial charge is 0.189 e. The summed E-state index contributed by atoms with van der Waals surface area (Å²) in [6.45, 7) is 2.07. The van der Waals surface area contributed by atoms with Crippen molar-refractivity contribution in [1.29, 1.82) is 5.41 Å². The van der Waals surface area contributed by atoms with E-state index < -0.39 is 5.54 Å². The van der Waals surface area contributed by atoms with E-state index in [0.29, 0.717) is 6.42 Å². The van der Waals surface area contributed by atoms with Crippen molar-refractivity contribution in [3.05, 3.63) is 48.3 Å². The van der Waals surface area contributed by atoms with Crippen LogP contribution in [0.3, 0.4) is 0 Å². The van der Waals surface area contributed by atoms with Crippen molar-refractivity contribution >= 4 is 12.2 Å². The third kappa shape index (κ3) is 4.39. The highest BCUT2D eigenvalue weighted by atomic mass is 16.5.